The molecular weight excluding hydrogens is 222 g/mol. The summed E-state index contributed by atoms with van der Waals surface area (Å²) in [5.41, 5.74) is 2.74. The van der Waals surface area contributed by atoms with E-state index >= 15 is 0 Å². The number of hydrogen-bond acceptors (Lipinski definition) is 3. The number of rotatable bonds is 7. The van der Waals surface area contributed by atoms with Crippen LogP contribution in [-0.4, -0.2) is 25.1 Å². The lowest BCUT2D eigenvalue weighted by Crippen LogP contribution is -2.29. The molecule has 0 bridgehead atoms. The second-order valence-corrected chi connectivity index (χ2v) is 5.83. The Kier molecular flexibility index (Phi) is 3.50. The number of anilines is 1. The zero-order chi connectivity index (χ0) is 12.4. The van der Waals surface area contributed by atoms with Crippen LogP contribution in [0.5, 0.6) is 0 Å². The van der Waals surface area contributed by atoms with Crippen LogP contribution in [-0.2, 0) is 6.54 Å². The molecule has 0 amide bonds. The van der Waals surface area contributed by atoms with Crippen molar-refractivity contribution >= 4 is 5.69 Å². The molecule has 18 heavy (non-hydrogen) atoms. The van der Waals surface area contributed by atoms with Crippen molar-refractivity contribution < 1.29 is 0 Å². The molecule has 0 saturated heterocycles. The summed E-state index contributed by atoms with van der Waals surface area (Å²) in [6, 6.07) is 2.19. The van der Waals surface area contributed by atoms with E-state index in [2.05, 4.69) is 21.3 Å². The molecule has 98 valence electrons. The second-order valence-electron chi connectivity index (χ2n) is 5.83. The Bertz CT molecular complexity index is 382. The highest BCUT2D eigenvalue weighted by Gasteiger charge is 2.30. The summed E-state index contributed by atoms with van der Waals surface area (Å²) in [5.74, 6) is 1.89. The highest BCUT2D eigenvalue weighted by atomic mass is 15.1. The summed E-state index contributed by atoms with van der Waals surface area (Å²) in [7, 11) is 2.00. The van der Waals surface area contributed by atoms with Crippen LogP contribution in [0.15, 0.2) is 18.5 Å². The van der Waals surface area contributed by atoms with Gasteiger partial charge in [0, 0.05) is 43.3 Å². The number of nitrogens with zero attached hydrogens (tertiary/aromatic N) is 2. The fraction of sp³-hybridized carbons (Fsp3) is 0.667. The Balaban J connectivity index is 1.77. The van der Waals surface area contributed by atoms with Gasteiger partial charge in [-0.3, -0.25) is 4.98 Å². The predicted octanol–water partition coefficient (Wildman–Crippen LogP) is 2.43. The lowest BCUT2D eigenvalue weighted by Gasteiger charge is -2.27. The van der Waals surface area contributed by atoms with Gasteiger partial charge in [-0.15, -0.1) is 0 Å². The molecule has 3 rings (SSSR count). The summed E-state index contributed by atoms with van der Waals surface area (Å²) in [6.07, 6.45) is 9.64. The van der Waals surface area contributed by atoms with Crippen LogP contribution in [0.2, 0.25) is 0 Å². The third-order valence-electron chi connectivity index (χ3n) is 3.94. The van der Waals surface area contributed by atoms with E-state index in [0.717, 1.165) is 18.4 Å². The number of pyridine rings is 1. The topological polar surface area (TPSA) is 28.2 Å². The maximum Gasteiger partial charge on any atom is 0.0443 e. The van der Waals surface area contributed by atoms with Gasteiger partial charge in [0.1, 0.15) is 0 Å². The monoisotopic (exact) mass is 245 g/mol. The summed E-state index contributed by atoms with van der Waals surface area (Å²) >= 11 is 0. The summed E-state index contributed by atoms with van der Waals surface area (Å²) < 4.78 is 0. The van der Waals surface area contributed by atoms with Crippen LogP contribution in [0.1, 0.15) is 31.2 Å². The molecule has 0 unspecified atom stereocenters. The van der Waals surface area contributed by atoms with Gasteiger partial charge in [-0.1, -0.05) is 0 Å². The standard InChI is InChI=1S/C15H23N3/c1-16-8-14-9-17-7-6-15(14)18(10-12-2-3-12)11-13-4-5-13/h6-7,9,12-13,16H,2-5,8,10-11H2,1H3. The molecule has 0 atom stereocenters. The van der Waals surface area contributed by atoms with E-state index in [1.165, 1.54) is 50.0 Å². The third kappa shape index (κ3) is 3.02. The largest absolute Gasteiger partial charge is 0.371 e. The lowest BCUT2D eigenvalue weighted by atomic mass is 10.2. The van der Waals surface area contributed by atoms with Crippen molar-refractivity contribution in [1.82, 2.24) is 10.3 Å². The smallest absolute Gasteiger partial charge is 0.0443 e. The molecule has 2 fully saturated rings. The SMILES string of the molecule is CNCc1cnccc1N(CC1CC1)CC1CC1. The van der Waals surface area contributed by atoms with E-state index in [1.54, 1.807) is 0 Å². The minimum atomic E-state index is 0.912. The maximum atomic E-state index is 4.27. The number of nitrogens with one attached hydrogen (secondary N) is 1. The van der Waals surface area contributed by atoms with Crippen molar-refractivity contribution in [3.05, 3.63) is 24.0 Å². The molecule has 1 N–H and O–H groups in total. The summed E-state index contributed by atoms with van der Waals surface area (Å²) in [6.45, 7) is 3.41. The third-order valence-corrected chi connectivity index (χ3v) is 3.94. The zero-order valence-electron chi connectivity index (χ0n) is 11.2. The van der Waals surface area contributed by atoms with Gasteiger partial charge in [-0.25, -0.2) is 0 Å². The molecule has 3 nitrogen and oxygen atoms in total. The number of aromatic nitrogens is 1. The molecule has 0 aliphatic heterocycles. The molecule has 2 aliphatic carbocycles. The Labute approximate surface area is 110 Å². The van der Waals surface area contributed by atoms with Crippen LogP contribution in [0.25, 0.3) is 0 Å². The first kappa shape index (κ1) is 12.0. The first-order valence-corrected chi connectivity index (χ1v) is 7.19. The predicted molar refractivity (Wildman–Crippen MR) is 74.7 cm³/mol. The van der Waals surface area contributed by atoms with Crippen molar-refractivity contribution in [2.75, 3.05) is 25.0 Å². The quantitative estimate of drug-likeness (QED) is 0.799. The van der Waals surface area contributed by atoms with E-state index in [0.29, 0.717) is 0 Å². The van der Waals surface area contributed by atoms with Crippen LogP contribution in [0.3, 0.4) is 0 Å². The van der Waals surface area contributed by atoms with Gasteiger partial charge < -0.3 is 10.2 Å². The first-order valence-electron chi connectivity index (χ1n) is 7.19. The molecule has 1 aromatic heterocycles. The van der Waals surface area contributed by atoms with Crippen molar-refractivity contribution in [1.29, 1.82) is 0 Å². The van der Waals surface area contributed by atoms with Crippen LogP contribution >= 0.6 is 0 Å². The minimum absolute atomic E-state index is 0.912. The van der Waals surface area contributed by atoms with Crippen LogP contribution < -0.4 is 10.2 Å². The van der Waals surface area contributed by atoms with Crippen molar-refractivity contribution in [3.63, 3.8) is 0 Å². The summed E-state index contributed by atoms with van der Waals surface area (Å²) in [4.78, 5) is 6.88. The molecular formula is C15H23N3. The van der Waals surface area contributed by atoms with Gasteiger partial charge in [0.2, 0.25) is 0 Å². The molecule has 3 heteroatoms. The van der Waals surface area contributed by atoms with Crippen molar-refractivity contribution in [2.24, 2.45) is 11.8 Å². The zero-order valence-corrected chi connectivity index (χ0v) is 11.2. The fourth-order valence-corrected chi connectivity index (χ4v) is 2.55. The lowest BCUT2D eigenvalue weighted by molar-refractivity contribution is 0.672. The van der Waals surface area contributed by atoms with Crippen molar-refractivity contribution in [2.45, 2.75) is 32.2 Å². The van der Waals surface area contributed by atoms with Crippen LogP contribution in [0.4, 0.5) is 5.69 Å². The normalized spacial score (nSPS) is 18.9. The molecule has 0 spiro atoms. The Hall–Kier alpha value is -1.09. The Morgan fingerprint density at radius 3 is 2.44 bits per heavy atom. The average Bonchev–Trinajstić information content (AvgIpc) is 3.24. The fourth-order valence-electron chi connectivity index (χ4n) is 2.55. The van der Waals surface area contributed by atoms with E-state index in [9.17, 15) is 0 Å². The summed E-state index contributed by atoms with van der Waals surface area (Å²) in [5, 5.41) is 3.25. The molecule has 2 aliphatic rings. The highest BCUT2D eigenvalue weighted by Crippen LogP contribution is 2.36. The van der Waals surface area contributed by atoms with E-state index < -0.39 is 0 Å². The Morgan fingerprint density at radius 1 is 1.22 bits per heavy atom. The van der Waals surface area contributed by atoms with Gasteiger partial charge in [0.15, 0.2) is 0 Å². The average molecular weight is 245 g/mol. The van der Waals surface area contributed by atoms with Gasteiger partial charge in [0.05, 0.1) is 0 Å². The molecule has 1 heterocycles. The Morgan fingerprint density at radius 2 is 1.89 bits per heavy atom. The minimum Gasteiger partial charge on any atom is -0.371 e. The van der Waals surface area contributed by atoms with Crippen LogP contribution in [0, 0.1) is 11.8 Å². The van der Waals surface area contributed by atoms with E-state index in [1.807, 2.05) is 19.4 Å². The van der Waals surface area contributed by atoms with Crippen molar-refractivity contribution in [3.8, 4) is 0 Å². The molecule has 0 aromatic carbocycles. The highest BCUT2D eigenvalue weighted by molar-refractivity contribution is 5.52. The second kappa shape index (κ2) is 5.27. The molecule has 0 radical (unpaired) electrons. The van der Waals surface area contributed by atoms with E-state index in [-0.39, 0.29) is 0 Å². The maximum absolute atomic E-state index is 4.27. The first-order chi connectivity index (χ1) is 8.86. The van der Waals surface area contributed by atoms with Gasteiger partial charge >= 0.3 is 0 Å². The van der Waals surface area contributed by atoms with E-state index in [4.69, 9.17) is 0 Å². The molecule has 1 aromatic rings. The van der Waals surface area contributed by atoms with Gasteiger partial charge in [-0.2, -0.15) is 0 Å². The number of hydrogen-bond donors (Lipinski definition) is 1. The van der Waals surface area contributed by atoms with Gasteiger partial charge in [0.25, 0.3) is 0 Å². The van der Waals surface area contributed by atoms with Gasteiger partial charge in [-0.05, 0) is 50.6 Å². The molecule has 2 saturated carbocycles.